The van der Waals surface area contributed by atoms with E-state index in [9.17, 15) is 0 Å². The summed E-state index contributed by atoms with van der Waals surface area (Å²) in [5.41, 5.74) is 11.4. The van der Waals surface area contributed by atoms with Crippen molar-refractivity contribution in [2.75, 3.05) is 12.4 Å². The van der Waals surface area contributed by atoms with Gasteiger partial charge in [-0.2, -0.15) is 0 Å². The number of benzene rings is 2. The van der Waals surface area contributed by atoms with Crippen LogP contribution in [0.3, 0.4) is 0 Å². The highest BCUT2D eigenvalue weighted by Gasteiger charge is 2.20. The third-order valence-corrected chi connectivity index (χ3v) is 6.09. The number of hydrogen-bond donors (Lipinski definition) is 3. The van der Waals surface area contributed by atoms with E-state index in [4.69, 9.17) is 31.6 Å². The number of anilines is 1. The summed E-state index contributed by atoms with van der Waals surface area (Å²) in [5, 5.41) is 9.62. The number of aromatic nitrogens is 4. The number of fused-ring (bicyclic) bond motifs is 3. The lowest BCUT2D eigenvalue weighted by Crippen LogP contribution is -2.11. The first-order chi connectivity index (χ1) is 17.7. The van der Waals surface area contributed by atoms with Crippen LogP contribution < -0.4 is 15.8 Å². The third-order valence-electron chi connectivity index (χ3n) is 5.85. The van der Waals surface area contributed by atoms with E-state index in [2.05, 4.69) is 25.4 Å². The van der Waals surface area contributed by atoms with Gasteiger partial charge in [0.05, 0.1) is 23.8 Å². The molecule has 4 N–H and O–H groups in total. The first-order valence-electron chi connectivity index (χ1n) is 11.6. The normalized spacial score (nSPS) is 12.5. The summed E-state index contributed by atoms with van der Waals surface area (Å²) in [4.78, 5) is 17.6. The molecule has 5 aromatic rings. The molecule has 0 aliphatic rings. The predicted molar refractivity (Wildman–Crippen MR) is 148 cm³/mol. The van der Waals surface area contributed by atoms with Gasteiger partial charge in [0, 0.05) is 32.9 Å². The van der Waals surface area contributed by atoms with Crippen molar-refractivity contribution in [1.29, 1.82) is 0 Å². The number of aryl methyl sites for hydroxylation is 3. The van der Waals surface area contributed by atoms with Gasteiger partial charge in [0.15, 0.2) is 5.82 Å². The van der Waals surface area contributed by atoms with Gasteiger partial charge >= 0.3 is 0 Å². The molecule has 5 rings (SSSR count). The molecular weight excluding hydrogens is 490 g/mol. The smallest absolute Gasteiger partial charge is 0.168 e. The van der Waals surface area contributed by atoms with E-state index < -0.39 is 0 Å². The number of methoxy groups -OCH3 is 1. The Kier molecular flexibility index (Phi) is 6.31. The Morgan fingerprint density at radius 3 is 2.68 bits per heavy atom. The van der Waals surface area contributed by atoms with Crippen molar-refractivity contribution in [3.05, 3.63) is 70.5 Å². The topological polar surface area (TPSA) is 127 Å². The lowest BCUT2D eigenvalue weighted by molar-refractivity contribution is 0.393. The summed E-state index contributed by atoms with van der Waals surface area (Å²) in [6.45, 7) is 7.41. The van der Waals surface area contributed by atoms with Crippen LogP contribution in [0.1, 0.15) is 24.2 Å². The van der Waals surface area contributed by atoms with Crippen molar-refractivity contribution in [2.24, 2.45) is 10.7 Å². The van der Waals surface area contributed by atoms with Crippen molar-refractivity contribution >= 4 is 50.9 Å². The average molecular weight is 516 g/mol. The van der Waals surface area contributed by atoms with E-state index in [0.29, 0.717) is 45.4 Å². The van der Waals surface area contributed by atoms with Gasteiger partial charge in [-0.05, 0) is 64.1 Å². The molecule has 0 fully saturated rings. The molecule has 0 bridgehead atoms. The highest BCUT2D eigenvalue weighted by molar-refractivity contribution is 6.31. The maximum absolute atomic E-state index is 6.18. The Hall–Kier alpha value is -4.37. The summed E-state index contributed by atoms with van der Waals surface area (Å²) in [6, 6.07) is 11.3. The van der Waals surface area contributed by atoms with Crippen LogP contribution in [0, 0.1) is 20.8 Å². The zero-order valence-electron chi connectivity index (χ0n) is 21.1. The molecule has 0 atom stereocenters. The quantitative estimate of drug-likeness (QED) is 0.183. The summed E-state index contributed by atoms with van der Waals surface area (Å²) >= 11 is 6.18. The van der Waals surface area contributed by atoms with Crippen molar-refractivity contribution < 1.29 is 9.26 Å². The monoisotopic (exact) mass is 515 g/mol. The van der Waals surface area contributed by atoms with E-state index in [1.54, 1.807) is 26.2 Å². The standard InChI is InChI=1S/C27H26ClN7O2/c1-13(29)9-23(32-18-8-6-7-17(28)10-18)34-27-25-19-12-22(36-5)20(24-14(2)35-37-15(24)3)11-21(19)33-26(25)30-16(4)31-27/h6-12H,29H2,1-5H3,(H2,30,31,32,33,34). The maximum Gasteiger partial charge on any atom is 0.168 e. The molecule has 3 aromatic heterocycles. The van der Waals surface area contributed by atoms with Gasteiger partial charge < -0.3 is 25.3 Å². The molecule has 2 aromatic carbocycles. The number of H-pyrrole nitrogens is 1. The summed E-state index contributed by atoms with van der Waals surface area (Å²) < 4.78 is 11.2. The SMILES string of the molecule is COc1cc2c(cc1-c1c(C)noc1C)[nH]c1nc(C)nc(N=C(C=C(C)N)Nc3cccc(Cl)c3)c12. The number of amidine groups is 1. The number of ether oxygens (including phenoxy) is 1. The average Bonchev–Trinajstić information content (AvgIpc) is 3.35. The lowest BCUT2D eigenvalue weighted by atomic mass is 10.0. The van der Waals surface area contributed by atoms with Gasteiger partial charge in [-0.25, -0.2) is 15.0 Å². The summed E-state index contributed by atoms with van der Waals surface area (Å²) in [5.74, 6) is 2.96. The number of hydrogen-bond acceptors (Lipinski definition) is 7. The number of aromatic amines is 1. The first-order valence-corrected chi connectivity index (χ1v) is 12.0. The van der Waals surface area contributed by atoms with Crippen molar-refractivity contribution in [2.45, 2.75) is 27.7 Å². The Morgan fingerprint density at radius 2 is 2.00 bits per heavy atom. The van der Waals surface area contributed by atoms with E-state index in [-0.39, 0.29) is 0 Å². The lowest BCUT2D eigenvalue weighted by Gasteiger charge is -2.10. The molecule has 10 heteroatoms. The summed E-state index contributed by atoms with van der Waals surface area (Å²) in [6.07, 6.45) is 1.75. The molecule has 0 radical (unpaired) electrons. The predicted octanol–water partition coefficient (Wildman–Crippen LogP) is 6.36. The van der Waals surface area contributed by atoms with Gasteiger partial charge in [-0.3, -0.25) is 0 Å². The minimum absolute atomic E-state index is 0.489. The van der Waals surface area contributed by atoms with Crippen LogP contribution in [0.2, 0.25) is 5.02 Å². The first kappa shape index (κ1) is 24.3. The Bertz CT molecular complexity index is 1690. The van der Waals surface area contributed by atoms with Crippen LogP contribution in [-0.2, 0) is 0 Å². The maximum atomic E-state index is 6.18. The van der Waals surface area contributed by atoms with Crippen LogP contribution >= 0.6 is 11.6 Å². The second-order valence-electron chi connectivity index (χ2n) is 8.76. The number of nitrogens with zero attached hydrogens (tertiary/aromatic N) is 4. The molecule has 0 spiro atoms. The fraction of sp³-hybridized carbons (Fsp3) is 0.185. The van der Waals surface area contributed by atoms with Crippen LogP contribution in [0.4, 0.5) is 11.5 Å². The molecule has 188 valence electrons. The van der Waals surface area contributed by atoms with Gasteiger partial charge in [0.2, 0.25) is 0 Å². The van der Waals surface area contributed by atoms with Crippen molar-refractivity contribution in [1.82, 2.24) is 20.1 Å². The fourth-order valence-electron chi connectivity index (χ4n) is 4.37. The van der Waals surface area contributed by atoms with Crippen LogP contribution in [0.15, 0.2) is 57.7 Å². The van der Waals surface area contributed by atoms with E-state index >= 15 is 0 Å². The molecule has 0 saturated carbocycles. The van der Waals surface area contributed by atoms with Crippen LogP contribution in [0.25, 0.3) is 33.1 Å². The number of aliphatic imine (C=N–C) groups is 1. The molecule has 0 aliphatic carbocycles. The number of nitrogens with one attached hydrogen (secondary N) is 2. The highest BCUT2D eigenvalue weighted by atomic mass is 35.5. The van der Waals surface area contributed by atoms with Gasteiger partial charge in [0.25, 0.3) is 0 Å². The van der Waals surface area contributed by atoms with Gasteiger partial charge in [-0.15, -0.1) is 0 Å². The van der Waals surface area contributed by atoms with E-state index in [1.165, 1.54) is 0 Å². The molecule has 9 nitrogen and oxygen atoms in total. The zero-order chi connectivity index (χ0) is 26.3. The number of allylic oxidation sites excluding steroid dienone is 1. The second-order valence-corrected chi connectivity index (χ2v) is 9.20. The van der Waals surface area contributed by atoms with Gasteiger partial charge in [0.1, 0.15) is 28.8 Å². The number of halogens is 1. The Morgan fingerprint density at radius 1 is 1.19 bits per heavy atom. The van der Waals surface area contributed by atoms with Crippen molar-refractivity contribution in [3.63, 3.8) is 0 Å². The molecular formula is C27H26ClN7O2. The highest BCUT2D eigenvalue weighted by Crippen LogP contribution is 2.41. The second kappa shape index (κ2) is 9.59. The molecule has 0 aliphatic heterocycles. The van der Waals surface area contributed by atoms with Crippen molar-refractivity contribution in [3.8, 4) is 16.9 Å². The minimum atomic E-state index is 0.489. The Labute approximate surface area is 218 Å². The largest absolute Gasteiger partial charge is 0.496 e. The van der Waals surface area contributed by atoms with Crippen LogP contribution in [0.5, 0.6) is 5.75 Å². The minimum Gasteiger partial charge on any atom is -0.496 e. The number of nitrogens with two attached hydrogens (primary N) is 1. The molecule has 3 heterocycles. The molecule has 37 heavy (non-hydrogen) atoms. The van der Waals surface area contributed by atoms with Crippen LogP contribution in [-0.4, -0.2) is 33.1 Å². The number of rotatable bonds is 5. The summed E-state index contributed by atoms with van der Waals surface area (Å²) in [7, 11) is 1.64. The molecule has 0 unspecified atom stereocenters. The molecule has 0 amide bonds. The fourth-order valence-corrected chi connectivity index (χ4v) is 4.56. The van der Waals surface area contributed by atoms with E-state index in [1.807, 2.05) is 51.1 Å². The third kappa shape index (κ3) is 4.73. The Balaban J connectivity index is 1.73. The molecule has 0 saturated heterocycles. The zero-order valence-corrected chi connectivity index (χ0v) is 21.9. The van der Waals surface area contributed by atoms with Gasteiger partial charge in [-0.1, -0.05) is 22.8 Å². The van der Waals surface area contributed by atoms with E-state index in [0.717, 1.165) is 38.8 Å².